The molecule has 0 amide bonds. The Kier molecular flexibility index (Phi) is 5.07. The van der Waals surface area contributed by atoms with Crippen LogP contribution < -0.4 is 5.73 Å². The van der Waals surface area contributed by atoms with Gasteiger partial charge in [0.2, 0.25) is 0 Å². The molecule has 0 bridgehead atoms. The van der Waals surface area contributed by atoms with Gasteiger partial charge in [0.05, 0.1) is 6.61 Å². The summed E-state index contributed by atoms with van der Waals surface area (Å²) in [4.78, 5) is 10.6. The van der Waals surface area contributed by atoms with E-state index >= 15 is 0 Å². The van der Waals surface area contributed by atoms with E-state index in [0.29, 0.717) is 26.0 Å². The Morgan fingerprint density at radius 1 is 1.45 bits per heavy atom. The summed E-state index contributed by atoms with van der Waals surface area (Å²) in [6.45, 7) is 4.80. The molecule has 66 valence electrons. The average Bonchev–Trinajstić information content (AvgIpc) is 2.08. The molecule has 0 radical (unpaired) electrons. The monoisotopic (exact) mass is 159 g/mol. The summed E-state index contributed by atoms with van der Waals surface area (Å²) in [6, 6.07) is 0. The Bertz CT molecular complexity index is 111. The molecule has 0 fully saturated rings. The lowest BCUT2D eigenvalue weighted by Gasteiger charge is -2.24. The van der Waals surface area contributed by atoms with E-state index in [2.05, 4.69) is 0 Å². The fourth-order valence-corrected chi connectivity index (χ4v) is 0.917. The molecule has 0 saturated heterocycles. The van der Waals surface area contributed by atoms with Gasteiger partial charge in [-0.05, 0) is 12.8 Å². The van der Waals surface area contributed by atoms with Gasteiger partial charge in [0.25, 0.3) is 0 Å². The summed E-state index contributed by atoms with van der Waals surface area (Å²) < 4.78 is 5.33. The van der Waals surface area contributed by atoms with Gasteiger partial charge in [0, 0.05) is 6.54 Å². The van der Waals surface area contributed by atoms with Crippen LogP contribution in [0.2, 0.25) is 0 Å². The molecule has 0 saturated carbocycles. The van der Waals surface area contributed by atoms with Crippen LogP contribution in [0, 0.1) is 0 Å². The number of carbonyl (C=O) groups excluding carboxylic acids is 1. The molecule has 0 aliphatic heterocycles. The van der Waals surface area contributed by atoms with Gasteiger partial charge in [0.1, 0.15) is 5.60 Å². The predicted molar refractivity (Wildman–Crippen MR) is 44.4 cm³/mol. The molecule has 0 spiro atoms. The second-order valence-corrected chi connectivity index (χ2v) is 2.53. The lowest BCUT2D eigenvalue weighted by molar-refractivity contribution is -0.132. The van der Waals surface area contributed by atoms with Crippen molar-refractivity contribution in [2.45, 2.75) is 32.3 Å². The number of nitrogens with two attached hydrogens (primary N) is 1. The number of rotatable bonds is 6. The van der Waals surface area contributed by atoms with Crippen LogP contribution in [0.25, 0.3) is 0 Å². The fourth-order valence-electron chi connectivity index (χ4n) is 0.917. The third-order valence-electron chi connectivity index (χ3n) is 1.92. The zero-order valence-electron chi connectivity index (χ0n) is 7.30. The molecule has 0 atom stereocenters. The largest absolute Gasteiger partial charge is 0.366 e. The van der Waals surface area contributed by atoms with Crippen molar-refractivity contribution in [3.05, 3.63) is 0 Å². The molecular weight excluding hydrogens is 142 g/mol. The standard InChI is InChI=1S/C8H17NO2/c1-3-8(4-2,7-10)11-6-5-9/h7H,3-6,9H2,1-2H3. The van der Waals surface area contributed by atoms with E-state index < -0.39 is 5.60 Å². The number of hydrogen-bond donors (Lipinski definition) is 1. The van der Waals surface area contributed by atoms with Crippen molar-refractivity contribution in [2.24, 2.45) is 5.73 Å². The highest BCUT2D eigenvalue weighted by molar-refractivity contribution is 5.62. The van der Waals surface area contributed by atoms with Crippen LogP contribution in [0.5, 0.6) is 0 Å². The summed E-state index contributed by atoms with van der Waals surface area (Å²) in [6.07, 6.45) is 2.31. The number of hydrogen-bond acceptors (Lipinski definition) is 3. The highest BCUT2D eigenvalue weighted by Crippen LogP contribution is 2.16. The van der Waals surface area contributed by atoms with Gasteiger partial charge in [-0.2, -0.15) is 0 Å². The second kappa shape index (κ2) is 5.27. The smallest absolute Gasteiger partial charge is 0.151 e. The van der Waals surface area contributed by atoms with Gasteiger partial charge < -0.3 is 15.3 Å². The summed E-state index contributed by atoms with van der Waals surface area (Å²) in [5.74, 6) is 0. The van der Waals surface area contributed by atoms with Crippen LogP contribution >= 0.6 is 0 Å². The van der Waals surface area contributed by atoms with Crippen molar-refractivity contribution in [3.8, 4) is 0 Å². The van der Waals surface area contributed by atoms with E-state index in [4.69, 9.17) is 10.5 Å². The summed E-state index contributed by atoms with van der Waals surface area (Å²) in [5.41, 5.74) is 4.67. The van der Waals surface area contributed by atoms with E-state index in [1.807, 2.05) is 13.8 Å². The zero-order valence-corrected chi connectivity index (χ0v) is 7.30. The lowest BCUT2D eigenvalue weighted by Crippen LogP contribution is -2.34. The van der Waals surface area contributed by atoms with Crippen LogP contribution in [0.1, 0.15) is 26.7 Å². The maximum Gasteiger partial charge on any atom is 0.151 e. The van der Waals surface area contributed by atoms with Crippen molar-refractivity contribution < 1.29 is 9.53 Å². The van der Waals surface area contributed by atoms with Gasteiger partial charge >= 0.3 is 0 Å². The Balaban J connectivity index is 3.94. The third kappa shape index (κ3) is 2.99. The molecule has 0 aliphatic carbocycles. The molecule has 2 N–H and O–H groups in total. The third-order valence-corrected chi connectivity index (χ3v) is 1.92. The molecule has 0 rings (SSSR count). The molecule has 3 nitrogen and oxygen atoms in total. The summed E-state index contributed by atoms with van der Waals surface area (Å²) in [5, 5.41) is 0. The Hall–Kier alpha value is -0.410. The fraction of sp³-hybridized carbons (Fsp3) is 0.875. The highest BCUT2D eigenvalue weighted by atomic mass is 16.5. The van der Waals surface area contributed by atoms with E-state index in [1.165, 1.54) is 0 Å². The van der Waals surface area contributed by atoms with Crippen molar-refractivity contribution in [2.75, 3.05) is 13.2 Å². The maximum absolute atomic E-state index is 10.6. The first-order chi connectivity index (χ1) is 5.24. The van der Waals surface area contributed by atoms with Crippen LogP contribution in [0.15, 0.2) is 0 Å². The topological polar surface area (TPSA) is 52.3 Å². The SMILES string of the molecule is CCC(C=O)(CC)OCCN. The molecule has 11 heavy (non-hydrogen) atoms. The van der Waals surface area contributed by atoms with Gasteiger partial charge in [-0.25, -0.2) is 0 Å². The van der Waals surface area contributed by atoms with Gasteiger partial charge in [0.15, 0.2) is 6.29 Å². The quantitative estimate of drug-likeness (QED) is 0.581. The molecule has 0 aromatic rings. The minimum atomic E-state index is -0.584. The molecule has 3 heteroatoms. The molecule has 0 aromatic carbocycles. The van der Waals surface area contributed by atoms with Crippen molar-refractivity contribution >= 4 is 6.29 Å². The first-order valence-corrected chi connectivity index (χ1v) is 4.05. The minimum Gasteiger partial charge on any atom is -0.366 e. The van der Waals surface area contributed by atoms with Crippen molar-refractivity contribution in [1.82, 2.24) is 0 Å². The molecular formula is C8H17NO2. The van der Waals surface area contributed by atoms with Gasteiger partial charge in [-0.15, -0.1) is 0 Å². The Morgan fingerprint density at radius 3 is 2.27 bits per heavy atom. The van der Waals surface area contributed by atoms with E-state index in [0.717, 1.165) is 6.29 Å². The zero-order chi connectivity index (χ0) is 8.74. The number of aldehydes is 1. The maximum atomic E-state index is 10.6. The lowest BCUT2D eigenvalue weighted by atomic mass is 9.99. The van der Waals surface area contributed by atoms with Crippen molar-refractivity contribution in [3.63, 3.8) is 0 Å². The molecule has 0 unspecified atom stereocenters. The average molecular weight is 159 g/mol. The predicted octanol–water partition coefficient (Wildman–Crippen LogP) is 0.719. The Labute approximate surface area is 67.9 Å². The van der Waals surface area contributed by atoms with E-state index in [-0.39, 0.29) is 0 Å². The van der Waals surface area contributed by atoms with E-state index in [1.54, 1.807) is 0 Å². The van der Waals surface area contributed by atoms with E-state index in [9.17, 15) is 4.79 Å². The Morgan fingerprint density at radius 2 is 2.00 bits per heavy atom. The summed E-state index contributed by atoms with van der Waals surface area (Å²) in [7, 11) is 0. The van der Waals surface area contributed by atoms with Crippen molar-refractivity contribution in [1.29, 1.82) is 0 Å². The van der Waals surface area contributed by atoms with Crippen LogP contribution in [0.4, 0.5) is 0 Å². The first kappa shape index (κ1) is 10.6. The number of ether oxygens (including phenoxy) is 1. The van der Waals surface area contributed by atoms with Crippen LogP contribution in [0.3, 0.4) is 0 Å². The normalized spacial score (nSPS) is 11.5. The first-order valence-electron chi connectivity index (χ1n) is 4.05. The van der Waals surface area contributed by atoms with Gasteiger partial charge in [-0.1, -0.05) is 13.8 Å². The molecule has 0 aromatic heterocycles. The van der Waals surface area contributed by atoms with Crippen LogP contribution in [-0.4, -0.2) is 25.0 Å². The second-order valence-electron chi connectivity index (χ2n) is 2.53. The molecule has 0 heterocycles. The molecule has 0 aliphatic rings. The highest BCUT2D eigenvalue weighted by Gasteiger charge is 2.25. The van der Waals surface area contributed by atoms with Gasteiger partial charge in [-0.3, -0.25) is 0 Å². The number of carbonyl (C=O) groups is 1. The minimum absolute atomic E-state index is 0.459. The van der Waals surface area contributed by atoms with Crippen LogP contribution in [-0.2, 0) is 9.53 Å². The summed E-state index contributed by atoms with van der Waals surface area (Å²) >= 11 is 0.